The van der Waals surface area contributed by atoms with E-state index in [-0.39, 0.29) is 29.8 Å². The molecule has 9 heteroatoms. The van der Waals surface area contributed by atoms with Gasteiger partial charge in [-0.3, -0.25) is 4.79 Å². The summed E-state index contributed by atoms with van der Waals surface area (Å²) in [5.74, 6) is -2.49. The molecule has 3 rings (SSSR count). The Morgan fingerprint density at radius 1 is 1.27 bits per heavy atom. The van der Waals surface area contributed by atoms with E-state index in [4.69, 9.17) is 0 Å². The minimum Gasteiger partial charge on any atom is -0.336 e. The number of carbonyl (C=O) groups is 1. The third kappa shape index (κ3) is 4.11. The van der Waals surface area contributed by atoms with Gasteiger partial charge in [-0.05, 0) is 53.4 Å². The van der Waals surface area contributed by atoms with Crippen LogP contribution in [0.3, 0.4) is 0 Å². The smallest absolute Gasteiger partial charge is 0.240 e. The number of halogens is 2. The van der Waals surface area contributed by atoms with Gasteiger partial charge in [0.1, 0.15) is 0 Å². The van der Waals surface area contributed by atoms with Crippen LogP contribution >= 0.6 is 11.3 Å². The second-order valence-electron chi connectivity index (χ2n) is 6.03. The molecule has 1 fully saturated rings. The first-order valence-corrected chi connectivity index (χ1v) is 10.6. The van der Waals surface area contributed by atoms with E-state index >= 15 is 0 Å². The van der Waals surface area contributed by atoms with Gasteiger partial charge in [-0.2, -0.15) is 11.3 Å². The molecule has 0 spiro atoms. The molecule has 140 valence electrons. The van der Waals surface area contributed by atoms with E-state index in [1.807, 2.05) is 16.8 Å². The molecule has 1 aromatic heterocycles. The second-order valence-corrected chi connectivity index (χ2v) is 8.57. The molecular formula is C17H18F2N2O3S2. The van der Waals surface area contributed by atoms with E-state index in [0.29, 0.717) is 12.6 Å². The van der Waals surface area contributed by atoms with Gasteiger partial charge in [0.05, 0.1) is 10.9 Å². The molecule has 1 aromatic carbocycles. The molecule has 1 N–H and O–H groups in total. The lowest BCUT2D eigenvalue weighted by molar-refractivity contribution is -0.131. The normalized spacial score (nSPS) is 17.6. The van der Waals surface area contributed by atoms with Gasteiger partial charge in [0.2, 0.25) is 15.9 Å². The number of benzene rings is 1. The number of carbonyl (C=O) groups excluding carboxylic acids is 1. The van der Waals surface area contributed by atoms with Crippen LogP contribution in [0.1, 0.15) is 30.9 Å². The Balaban J connectivity index is 1.58. The number of thiophene rings is 1. The van der Waals surface area contributed by atoms with Gasteiger partial charge in [0.25, 0.3) is 0 Å². The van der Waals surface area contributed by atoms with Gasteiger partial charge in [-0.25, -0.2) is 21.9 Å². The molecule has 2 heterocycles. The van der Waals surface area contributed by atoms with Crippen molar-refractivity contribution in [1.82, 2.24) is 9.62 Å². The third-order valence-electron chi connectivity index (χ3n) is 4.33. The van der Waals surface area contributed by atoms with E-state index in [1.165, 1.54) is 0 Å². The minimum absolute atomic E-state index is 0.00352. The largest absolute Gasteiger partial charge is 0.336 e. The van der Waals surface area contributed by atoms with Gasteiger partial charge in [0.15, 0.2) is 11.6 Å². The molecule has 0 bridgehead atoms. The minimum atomic E-state index is -4.00. The van der Waals surface area contributed by atoms with Gasteiger partial charge in [-0.1, -0.05) is 0 Å². The summed E-state index contributed by atoms with van der Waals surface area (Å²) in [7, 11) is -4.00. The van der Waals surface area contributed by atoms with Crippen LogP contribution in [0.2, 0.25) is 0 Å². The summed E-state index contributed by atoms with van der Waals surface area (Å²) >= 11 is 1.57. The number of amides is 1. The van der Waals surface area contributed by atoms with Crippen molar-refractivity contribution in [3.63, 3.8) is 0 Å². The molecule has 1 atom stereocenters. The highest BCUT2D eigenvalue weighted by atomic mass is 32.2. The van der Waals surface area contributed by atoms with Gasteiger partial charge in [-0.15, -0.1) is 0 Å². The predicted octanol–water partition coefficient (Wildman–Crippen LogP) is 3.06. The Morgan fingerprint density at radius 2 is 2.08 bits per heavy atom. The lowest BCUT2D eigenvalue weighted by Gasteiger charge is -2.24. The average molecular weight is 400 g/mol. The first-order chi connectivity index (χ1) is 12.4. The molecule has 1 aliphatic heterocycles. The van der Waals surface area contributed by atoms with Crippen molar-refractivity contribution in [3.05, 3.63) is 52.2 Å². The Hall–Kier alpha value is -1.84. The van der Waals surface area contributed by atoms with Crippen molar-refractivity contribution >= 4 is 27.3 Å². The molecule has 0 saturated carbocycles. The second kappa shape index (κ2) is 7.81. The summed E-state index contributed by atoms with van der Waals surface area (Å²) in [6.45, 7) is 0.544. The SMILES string of the molecule is O=C(CCNS(=O)(=O)c1ccc(F)c(F)c1)N1CCCC1c1ccsc1. The van der Waals surface area contributed by atoms with Crippen molar-refractivity contribution in [2.75, 3.05) is 13.1 Å². The number of hydrogen-bond donors (Lipinski definition) is 1. The fourth-order valence-corrected chi connectivity index (χ4v) is 4.79. The zero-order valence-corrected chi connectivity index (χ0v) is 15.5. The molecule has 5 nitrogen and oxygen atoms in total. The number of nitrogens with zero attached hydrogens (tertiary/aromatic N) is 1. The summed E-state index contributed by atoms with van der Waals surface area (Å²) in [6.07, 6.45) is 1.80. The lowest BCUT2D eigenvalue weighted by atomic mass is 10.1. The van der Waals surface area contributed by atoms with Gasteiger partial charge >= 0.3 is 0 Å². The third-order valence-corrected chi connectivity index (χ3v) is 6.49. The highest BCUT2D eigenvalue weighted by Crippen LogP contribution is 2.33. The maximum Gasteiger partial charge on any atom is 0.240 e. The summed E-state index contributed by atoms with van der Waals surface area (Å²) in [5, 5.41) is 3.98. The monoisotopic (exact) mass is 400 g/mol. The summed E-state index contributed by atoms with van der Waals surface area (Å²) in [5.41, 5.74) is 1.10. The maximum absolute atomic E-state index is 13.2. The number of rotatable bonds is 6. The van der Waals surface area contributed by atoms with Crippen LogP contribution in [0.15, 0.2) is 39.9 Å². The van der Waals surface area contributed by atoms with Crippen LogP contribution in [0.25, 0.3) is 0 Å². The van der Waals surface area contributed by atoms with Crippen molar-refractivity contribution in [1.29, 1.82) is 0 Å². The zero-order chi connectivity index (χ0) is 18.7. The summed E-state index contributed by atoms with van der Waals surface area (Å²) in [6, 6.07) is 4.39. The highest BCUT2D eigenvalue weighted by molar-refractivity contribution is 7.89. The Kier molecular flexibility index (Phi) is 5.69. The molecule has 2 aromatic rings. The Labute approximate surface area is 154 Å². The Morgan fingerprint density at radius 3 is 2.77 bits per heavy atom. The van der Waals surface area contributed by atoms with E-state index in [9.17, 15) is 22.0 Å². The average Bonchev–Trinajstić information content (AvgIpc) is 3.27. The first kappa shape index (κ1) is 18.9. The van der Waals surface area contributed by atoms with E-state index in [1.54, 1.807) is 16.2 Å². The Bertz CT molecular complexity index is 885. The fraction of sp³-hybridized carbons (Fsp3) is 0.353. The molecule has 26 heavy (non-hydrogen) atoms. The molecule has 0 aliphatic carbocycles. The molecular weight excluding hydrogens is 382 g/mol. The summed E-state index contributed by atoms with van der Waals surface area (Å²) in [4.78, 5) is 13.9. The molecule has 1 saturated heterocycles. The molecule has 1 unspecified atom stereocenters. The van der Waals surface area contributed by atoms with Crippen LogP contribution in [0.5, 0.6) is 0 Å². The number of sulfonamides is 1. The van der Waals surface area contributed by atoms with E-state index in [0.717, 1.165) is 30.5 Å². The molecule has 0 radical (unpaired) electrons. The van der Waals surface area contributed by atoms with Crippen molar-refractivity contribution in [2.45, 2.75) is 30.2 Å². The quantitative estimate of drug-likeness (QED) is 0.811. The van der Waals surface area contributed by atoms with E-state index < -0.39 is 21.7 Å². The topological polar surface area (TPSA) is 66.5 Å². The fourth-order valence-electron chi connectivity index (χ4n) is 3.04. The number of likely N-dealkylation sites (tertiary alicyclic amines) is 1. The van der Waals surface area contributed by atoms with Crippen molar-refractivity contribution in [2.24, 2.45) is 0 Å². The van der Waals surface area contributed by atoms with Crippen molar-refractivity contribution < 1.29 is 22.0 Å². The maximum atomic E-state index is 13.2. The molecule has 1 amide bonds. The first-order valence-electron chi connectivity index (χ1n) is 8.15. The highest BCUT2D eigenvalue weighted by Gasteiger charge is 2.30. The van der Waals surface area contributed by atoms with Crippen LogP contribution in [-0.4, -0.2) is 32.3 Å². The molecule has 1 aliphatic rings. The van der Waals surface area contributed by atoms with Crippen LogP contribution in [0, 0.1) is 11.6 Å². The van der Waals surface area contributed by atoms with E-state index in [2.05, 4.69) is 4.72 Å². The number of hydrogen-bond acceptors (Lipinski definition) is 4. The van der Waals surface area contributed by atoms with Gasteiger partial charge < -0.3 is 4.90 Å². The van der Waals surface area contributed by atoms with Crippen LogP contribution in [-0.2, 0) is 14.8 Å². The zero-order valence-electron chi connectivity index (χ0n) is 13.8. The lowest BCUT2D eigenvalue weighted by Crippen LogP contribution is -2.34. The van der Waals surface area contributed by atoms with Crippen molar-refractivity contribution in [3.8, 4) is 0 Å². The standard InChI is InChI=1S/C17H18F2N2O3S2/c18-14-4-3-13(10-15(14)19)26(23,24)20-7-5-17(22)21-8-1-2-16(21)12-6-9-25-11-12/h3-4,6,9-11,16,20H,1-2,5,7-8H2. The van der Waals surface area contributed by atoms with Crippen LogP contribution in [0.4, 0.5) is 8.78 Å². The van der Waals surface area contributed by atoms with Gasteiger partial charge in [0, 0.05) is 19.5 Å². The number of nitrogens with one attached hydrogen (secondary N) is 1. The summed E-state index contributed by atoms with van der Waals surface area (Å²) < 4.78 is 52.7. The predicted molar refractivity (Wildman–Crippen MR) is 94.2 cm³/mol. The van der Waals surface area contributed by atoms with Crippen LogP contribution < -0.4 is 4.72 Å².